The molecule has 0 aliphatic rings. The lowest BCUT2D eigenvalue weighted by molar-refractivity contribution is -0.121. The van der Waals surface area contributed by atoms with E-state index in [0.29, 0.717) is 17.1 Å². The molecular formula is C18H18BrN3O4. The predicted octanol–water partition coefficient (Wildman–Crippen LogP) is 2.01. The van der Waals surface area contributed by atoms with Crippen molar-refractivity contribution in [3.8, 4) is 11.5 Å². The summed E-state index contributed by atoms with van der Waals surface area (Å²) in [4.78, 5) is 22.7. The van der Waals surface area contributed by atoms with E-state index >= 15 is 0 Å². The molecule has 2 amide bonds. The van der Waals surface area contributed by atoms with Gasteiger partial charge in [-0.05, 0) is 41.5 Å². The number of hydrogen-bond donors (Lipinski definition) is 2. The molecule has 0 aromatic heterocycles. The minimum Gasteiger partial charge on any atom is -0.493 e. The SMILES string of the molecule is COc1cc(C=NNC(=O)Cc2ccc(Br)cc2)ccc1OCC(N)=O. The average Bonchev–Trinajstić information content (AvgIpc) is 2.62. The topological polar surface area (TPSA) is 103 Å². The largest absolute Gasteiger partial charge is 0.493 e. The third-order valence-electron chi connectivity index (χ3n) is 3.24. The summed E-state index contributed by atoms with van der Waals surface area (Å²) < 4.78 is 11.4. The fourth-order valence-corrected chi connectivity index (χ4v) is 2.30. The molecule has 0 atom stereocenters. The zero-order valence-electron chi connectivity index (χ0n) is 14.1. The van der Waals surface area contributed by atoms with Crippen LogP contribution in [0.15, 0.2) is 52.0 Å². The minimum absolute atomic E-state index is 0.225. The number of carbonyl (C=O) groups is 2. The summed E-state index contributed by atoms with van der Waals surface area (Å²) >= 11 is 3.35. The highest BCUT2D eigenvalue weighted by molar-refractivity contribution is 9.10. The Hall–Kier alpha value is -2.87. The number of nitrogens with two attached hydrogens (primary N) is 1. The van der Waals surface area contributed by atoms with E-state index in [4.69, 9.17) is 15.2 Å². The van der Waals surface area contributed by atoms with E-state index in [-0.39, 0.29) is 18.9 Å². The Morgan fingerprint density at radius 3 is 2.58 bits per heavy atom. The lowest BCUT2D eigenvalue weighted by Crippen LogP contribution is -2.20. The van der Waals surface area contributed by atoms with E-state index < -0.39 is 5.91 Å². The fraction of sp³-hybridized carbons (Fsp3) is 0.167. The van der Waals surface area contributed by atoms with Crippen molar-refractivity contribution in [2.45, 2.75) is 6.42 Å². The lowest BCUT2D eigenvalue weighted by atomic mass is 10.1. The van der Waals surface area contributed by atoms with Crippen LogP contribution < -0.4 is 20.6 Å². The number of methoxy groups -OCH3 is 1. The molecule has 0 heterocycles. The summed E-state index contributed by atoms with van der Waals surface area (Å²) in [6.07, 6.45) is 1.72. The molecule has 0 aliphatic carbocycles. The van der Waals surface area contributed by atoms with Crippen molar-refractivity contribution in [1.29, 1.82) is 0 Å². The number of carbonyl (C=O) groups excluding carboxylic acids is 2. The first-order chi connectivity index (χ1) is 12.5. The molecule has 2 rings (SSSR count). The van der Waals surface area contributed by atoms with Gasteiger partial charge in [-0.15, -0.1) is 0 Å². The molecule has 0 bridgehead atoms. The molecule has 26 heavy (non-hydrogen) atoms. The second kappa shape index (κ2) is 9.57. The molecule has 0 spiro atoms. The minimum atomic E-state index is -0.578. The predicted molar refractivity (Wildman–Crippen MR) is 101 cm³/mol. The zero-order chi connectivity index (χ0) is 18.9. The van der Waals surface area contributed by atoms with Gasteiger partial charge in [-0.25, -0.2) is 5.43 Å². The quantitative estimate of drug-likeness (QED) is 0.504. The van der Waals surface area contributed by atoms with E-state index in [2.05, 4.69) is 26.5 Å². The van der Waals surface area contributed by atoms with Crippen LogP contribution in [0.5, 0.6) is 11.5 Å². The van der Waals surface area contributed by atoms with Crippen LogP contribution >= 0.6 is 15.9 Å². The molecule has 136 valence electrons. The van der Waals surface area contributed by atoms with Crippen molar-refractivity contribution in [3.05, 3.63) is 58.1 Å². The van der Waals surface area contributed by atoms with Gasteiger partial charge in [-0.1, -0.05) is 28.1 Å². The number of ether oxygens (including phenoxy) is 2. The number of benzene rings is 2. The molecule has 7 nitrogen and oxygen atoms in total. The summed E-state index contributed by atoms with van der Waals surface area (Å²) in [5.74, 6) is 0.0160. The monoisotopic (exact) mass is 419 g/mol. The van der Waals surface area contributed by atoms with Gasteiger partial charge in [0, 0.05) is 4.47 Å². The number of nitrogens with one attached hydrogen (secondary N) is 1. The van der Waals surface area contributed by atoms with E-state index in [1.54, 1.807) is 18.2 Å². The van der Waals surface area contributed by atoms with Crippen molar-refractivity contribution in [2.75, 3.05) is 13.7 Å². The summed E-state index contributed by atoms with van der Waals surface area (Å²) in [5, 5.41) is 3.93. The van der Waals surface area contributed by atoms with Gasteiger partial charge in [0.05, 0.1) is 19.7 Å². The molecular weight excluding hydrogens is 402 g/mol. The maximum Gasteiger partial charge on any atom is 0.255 e. The van der Waals surface area contributed by atoms with Gasteiger partial charge >= 0.3 is 0 Å². The van der Waals surface area contributed by atoms with Gasteiger partial charge < -0.3 is 15.2 Å². The van der Waals surface area contributed by atoms with Crippen molar-refractivity contribution in [1.82, 2.24) is 5.43 Å². The number of hydrogen-bond acceptors (Lipinski definition) is 5. The summed E-state index contributed by atoms with van der Waals surface area (Å²) in [5.41, 5.74) is 9.10. The second-order valence-corrected chi connectivity index (χ2v) is 6.18. The van der Waals surface area contributed by atoms with Crippen LogP contribution in [0.4, 0.5) is 0 Å². The molecule has 2 aromatic carbocycles. The van der Waals surface area contributed by atoms with Gasteiger partial charge in [0.15, 0.2) is 18.1 Å². The standard InChI is InChI=1S/C18H18BrN3O4/c1-25-16-8-13(4-7-15(16)26-11-17(20)23)10-21-22-18(24)9-12-2-5-14(19)6-3-12/h2-8,10H,9,11H2,1H3,(H2,20,23)(H,22,24). The van der Waals surface area contributed by atoms with Crippen LogP contribution in [0.25, 0.3) is 0 Å². The highest BCUT2D eigenvalue weighted by Gasteiger charge is 2.07. The molecule has 2 aromatic rings. The Bertz CT molecular complexity index is 807. The van der Waals surface area contributed by atoms with Crippen molar-refractivity contribution in [3.63, 3.8) is 0 Å². The summed E-state index contributed by atoms with van der Waals surface area (Å²) in [6.45, 7) is -0.240. The average molecular weight is 420 g/mol. The molecule has 0 radical (unpaired) electrons. The first-order valence-electron chi connectivity index (χ1n) is 7.63. The maximum absolute atomic E-state index is 11.9. The highest BCUT2D eigenvalue weighted by Crippen LogP contribution is 2.27. The van der Waals surface area contributed by atoms with Crippen LogP contribution in [0, 0.1) is 0 Å². The number of halogens is 1. The van der Waals surface area contributed by atoms with E-state index in [1.807, 2.05) is 24.3 Å². The molecule has 0 saturated carbocycles. The number of hydrazone groups is 1. The van der Waals surface area contributed by atoms with E-state index in [9.17, 15) is 9.59 Å². The van der Waals surface area contributed by atoms with Gasteiger partial charge in [0.25, 0.3) is 5.91 Å². The fourth-order valence-electron chi connectivity index (χ4n) is 2.04. The van der Waals surface area contributed by atoms with Crippen molar-refractivity contribution < 1.29 is 19.1 Å². The number of primary amides is 1. The first kappa shape index (κ1) is 19.5. The first-order valence-corrected chi connectivity index (χ1v) is 8.42. The normalized spacial score (nSPS) is 10.5. The zero-order valence-corrected chi connectivity index (χ0v) is 15.7. The smallest absolute Gasteiger partial charge is 0.255 e. The Morgan fingerprint density at radius 2 is 1.92 bits per heavy atom. The Balaban J connectivity index is 1.93. The van der Waals surface area contributed by atoms with Crippen LogP contribution in [0.2, 0.25) is 0 Å². The molecule has 0 aliphatic heterocycles. The molecule has 0 unspecified atom stereocenters. The number of rotatable bonds is 8. The molecule has 3 N–H and O–H groups in total. The van der Waals surface area contributed by atoms with Gasteiger partial charge in [-0.3, -0.25) is 9.59 Å². The van der Waals surface area contributed by atoms with Crippen molar-refractivity contribution in [2.24, 2.45) is 10.8 Å². The second-order valence-electron chi connectivity index (χ2n) is 5.26. The number of nitrogens with zero attached hydrogens (tertiary/aromatic N) is 1. The van der Waals surface area contributed by atoms with Crippen LogP contribution in [-0.2, 0) is 16.0 Å². The third kappa shape index (κ3) is 6.21. The Morgan fingerprint density at radius 1 is 1.19 bits per heavy atom. The summed E-state index contributed by atoms with van der Waals surface area (Å²) in [6, 6.07) is 12.5. The van der Waals surface area contributed by atoms with Gasteiger partial charge in [0.1, 0.15) is 0 Å². The van der Waals surface area contributed by atoms with Crippen LogP contribution in [-0.4, -0.2) is 31.7 Å². The third-order valence-corrected chi connectivity index (χ3v) is 3.77. The summed E-state index contributed by atoms with van der Waals surface area (Å²) in [7, 11) is 1.48. The van der Waals surface area contributed by atoms with Gasteiger partial charge in [-0.2, -0.15) is 5.10 Å². The van der Waals surface area contributed by atoms with E-state index in [1.165, 1.54) is 13.3 Å². The molecule has 0 saturated heterocycles. The number of amides is 2. The molecule has 0 fully saturated rings. The Kier molecular flexibility index (Phi) is 7.16. The van der Waals surface area contributed by atoms with E-state index in [0.717, 1.165) is 10.0 Å². The Labute approximate surface area is 159 Å². The van der Waals surface area contributed by atoms with Crippen LogP contribution in [0.1, 0.15) is 11.1 Å². The van der Waals surface area contributed by atoms with Gasteiger partial charge in [0.2, 0.25) is 5.91 Å². The molecule has 8 heteroatoms. The van der Waals surface area contributed by atoms with Crippen LogP contribution in [0.3, 0.4) is 0 Å². The maximum atomic E-state index is 11.9. The highest BCUT2D eigenvalue weighted by atomic mass is 79.9. The lowest BCUT2D eigenvalue weighted by Gasteiger charge is -2.09. The van der Waals surface area contributed by atoms with Crippen molar-refractivity contribution >= 4 is 34.0 Å².